The maximum Gasteiger partial charge on any atom is 0.294 e. The molecule has 2 aromatic heterocycles. The number of nitrogen functional groups attached to an aromatic ring is 1. The first-order chi connectivity index (χ1) is 17.2. The van der Waals surface area contributed by atoms with Crippen molar-refractivity contribution in [1.82, 2.24) is 30.7 Å². The maximum absolute atomic E-state index is 13.1. The zero-order chi connectivity index (χ0) is 24.2. The maximum atomic E-state index is 13.1. The van der Waals surface area contributed by atoms with Crippen LogP contribution >= 0.6 is 0 Å². The van der Waals surface area contributed by atoms with Gasteiger partial charge in [-0.15, -0.1) is 5.10 Å². The number of benzene rings is 3. The van der Waals surface area contributed by atoms with Crippen molar-refractivity contribution in [2.75, 3.05) is 12.3 Å². The molecule has 0 spiro atoms. The van der Waals surface area contributed by atoms with Crippen molar-refractivity contribution in [1.29, 1.82) is 0 Å². The summed E-state index contributed by atoms with van der Waals surface area (Å²) in [6.45, 7) is 2.43. The molecule has 35 heavy (non-hydrogen) atoms. The van der Waals surface area contributed by atoms with Crippen LogP contribution < -0.4 is 15.9 Å². The highest BCUT2D eigenvalue weighted by atomic mass is 16.6. The molecular weight excluding hydrogens is 448 g/mol. The lowest BCUT2D eigenvalue weighted by Gasteiger charge is -2.07. The third kappa shape index (κ3) is 4.29. The fourth-order valence-electron chi connectivity index (χ4n) is 3.63. The zero-order valence-electron chi connectivity index (χ0n) is 18.6. The van der Waals surface area contributed by atoms with E-state index >= 15 is 0 Å². The first kappa shape index (κ1) is 21.8. The molecule has 0 aliphatic heterocycles. The fourth-order valence-corrected chi connectivity index (χ4v) is 3.63. The molecule has 174 valence electrons. The normalized spacial score (nSPS) is 11.2. The van der Waals surface area contributed by atoms with E-state index in [9.17, 15) is 4.79 Å². The molecule has 0 saturated carbocycles. The van der Waals surface area contributed by atoms with Crippen LogP contribution in [-0.4, -0.2) is 44.0 Å². The smallest absolute Gasteiger partial charge is 0.294 e. The van der Waals surface area contributed by atoms with Gasteiger partial charge in [-0.2, -0.15) is 9.78 Å². The van der Waals surface area contributed by atoms with E-state index in [1.807, 2.05) is 49.4 Å². The van der Waals surface area contributed by atoms with Crippen molar-refractivity contribution in [3.63, 3.8) is 0 Å². The summed E-state index contributed by atoms with van der Waals surface area (Å²) >= 11 is 0. The van der Waals surface area contributed by atoms with E-state index in [0.717, 1.165) is 16.3 Å². The molecule has 11 nitrogen and oxygen atoms in total. The van der Waals surface area contributed by atoms with Crippen LogP contribution in [0.3, 0.4) is 0 Å². The Hall–Kier alpha value is -5.06. The number of fused-ring (bicyclic) bond motifs is 1. The van der Waals surface area contributed by atoms with Crippen molar-refractivity contribution in [2.45, 2.75) is 6.92 Å². The van der Waals surface area contributed by atoms with Gasteiger partial charge in [0.05, 0.1) is 12.8 Å². The Labute approximate surface area is 199 Å². The number of aromatic nitrogens is 5. The molecule has 0 bridgehead atoms. The van der Waals surface area contributed by atoms with E-state index < -0.39 is 5.91 Å². The van der Waals surface area contributed by atoms with Gasteiger partial charge in [-0.1, -0.05) is 47.7 Å². The number of rotatable bonds is 7. The van der Waals surface area contributed by atoms with Crippen molar-refractivity contribution in [3.05, 3.63) is 78.0 Å². The SMILES string of the molecule is CCOc1ccc(-c2c(C(=O)N/N=C/c3cccc4ccccc34)nnn2-c2nonc2N)cc1. The van der Waals surface area contributed by atoms with E-state index in [-0.39, 0.29) is 17.3 Å². The van der Waals surface area contributed by atoms with Gasteiger partial charge in [0.2, 0.25) is 11.6 Å². The molecule has 0 atom stereocenters. The molecule has 3 aromatic carbocycles. The summed E-state index contributed by atoms with van der Waals surface area (Å²) in [7, 11) is 0. The van der Waals surface area contributed by atoms with Crippen LogP contribution in [0.25, 0.3) is 27.8 Å². The van der Waals surface area contributed by atoms with Crippen LogP contribution in [0, 0.1) is 0 Å². The Morgan fingerprint density at radius 1 is 1.11 bits per heavy atom. The number of ether oxygens (including phenoxy) is 1. The molecule has 2 heterocycles. The lowest BCUT2D eigenvalue weighted by atomic mass is 10.1. The Kier molecular flexibility index (Phi) is 5.87. The number of nitrogens with two attached hydrogens (primary N) is 1. The minimum atomic E-state index is -0.563. The molecule has 0 fully saturated rings. The van der Waals surface area contributed by atoms with Crippen LogP contribution in [0.15, 0.2) is 76.5 Å². The van der Waals surface area contributed by atoms with Crippen molar-refractivity contribution < 1.29 is 14.2 Å². The topological polar surface area (TPSA) is 146 Å². The summed E-state index contributed by atoms with van der Waals surface area (Å²) in [5, 5.41) is 21.7. The molecule has 0 saturated heterocycles. The number of hydrogen-bond donors (Lipinski definition) is 2. The van der Waals surface area contributed by atoms with E-state index in [1.54, 1.807) is 30.5 Å². The van der Waals surface area contributed by atoms with Crippen molar-refractivity contribution in [3.8, 4) is 22.8 Å². The number of nitrogens with one attached hydrogen (secondary N) is 1. The standard InChI is InChI=1S/C24H20N8O3/c1-2-34-18-12-10-16(11-13-18)21-20(27-31-32(21)23-22(25)29-35-30-23)24(33)28-26-14-17-8-5-7-15-6-3-4-9-19(15)17/h3-14H,2H2,1H3,(H2,25,29)(H,28,33)/b26-14+. The number of amides is 1. The van der Waals surface area contributed by atoms with Crippen molar-refractivity contribution >= 4 is 28.7 Å². The van der Waals surface area contributed by atoms with E-state index in [1.165, 1.54) is 4.68 Å². The average Bonchev–Trinajstić information content (AvgIpc) is 3.51. The number of nitrogens with zero attached hydrogens (tertiary/aromatic N) is 6. The first-order valence-corrected chi connectivity index (χ1v) is 10.7. The highest BCUT2D eigenvalue weighted by Gasteiger charge is 2.25. The van der Waals surface area contributed by atoms with Gasteiger partial charge < -0.3 is 10.5 Å². The molecule has 11 heteroatoms. The summed E-state index contributed by atoms with van der Waals surface area (Å²) in [6, 6.07) is 20.9. The summed E-state index contributed by atoms with van der Waals surface area (Å²) in [5.74, 6) is 0.234. The third-order valence-electron chi connectivity index (χ3n) is 5.21. The van der Waals surface area contributed by atoms with Gasteiger partial charge in [-0.3, -0.25) is 4.79 Å². The van der Waals surface area contributed by atoms with Gasteiger partial charge in [-0.05, 0) is 52.3 Å². The highest BCUT2D eigenvalue weighted by Crippen LogP contribution is 2.28. The third-order valence-corrected chi connectivity index (χ3v) is 5.21. The number of anilines is 1. The van der Waals surface area contributed by atoms with E-state index in [2.05, 4.69) is 31.2 Å². The van der Waals surface area contributed by atoms with Crippen LogP contribution in [0.5, 0.6) is 5.75 Å². The van der Waals surface area contributed by atoms with Crippen molar-refractivity contribution in [2.24, 2.45) is 5.10 Å². The quantitative estimate of drug-likeness (QED) is 0.273. The van der Waals surface area contributed by atoms with Gasteiger partial charge in [-0.25, -0.2) is 10.1 Å². The fraction of sp³-hybridized carbons (Fsp3) is 0.0833. The summed E-state index contributed by atoms with van der Waals surface area (Å²) < 4.78 is 11.5. The Morgan fingerprint density at radius 3 is 2.69 bits per heavy atom. The Morgan fingerprint density at radius 2 is 1.91 bits per heavy atom. The van der Waals surface area contributed by atoms with Crippen LogP contribution in [0.1, 0.15) is 23.0 Å². The second-order valence-electron chi connectivity index (χ2n) is 7.40. The molecule has 5 rings (SSSR count). The largest absolute Gasteiger partial charge is 0.494 e. The molecule has 5 aromatic rings. The molecule has 1 amide bonds. The Balaban J connectivity index is 1.48. The molecule has 0 aliphatic carbocycles. The second kappa shape index (κ2) is 9.43. The highest BCUT2D eigenvalue weighted by molar-refractivity contribution is 6.01. The number of carbonyl (C=O) groups excluding carboxylic acids is 1. The number of carbonyl (C=O) groups is 1. The van der Waals surface area contributed by atoms with Gasteiger partial charge in [0, 0.05) is 11.1 Å². The predicted molar refractivity (Wildman–Crippen MR) is 129 cm³/mol. The van der Waals surface area contributed by atoms with Crippen LogP contribution in [0.2, 0.25) is 0 Å². The molecule has 0 aliphatic rings. The molecule has 0 radical (unpaired) electrons. The van der Waals surface area contributed by atoms with Crippen LogP contribution in [-0.2, 0) is 0 Å². The molecule has 3 N–H and O–H groups in total. The monoisotopic (exact) mass is 468 g/mol. The molecule has 0 unspecified atom stereocenters. The first-order valence-electron chi connectivity index (χ1n) is 10.7. The summed E-state index contributed by atoms with van der Waals surface area (Å²) in [5.41, 5.74) is 10.2. The van der Waals surface area contributed by atoms with Gasteiger partial charge in [0.1, 0.15) is 11.4 Å². The lowest BCUT2D eigenvalue weighted by molar-refractivity contribution is 0.0950. The number of hydrogen-bond acceptors (Lipinski definition) is 9. The van der Waals surface area contributed by atoms with Gasteiger partial charge in [0.25, 0.3) is 5.91 Å². The van der Waals surface area contributed by atoms with Gasteiger partial charge in [0.15, 0.2) is 5.69 Å². The minimum absolute atomic E-state index is 0.00280. The summed E-state index contributed by atoms with van der Waals surface area (Å²) in [4.78, 5) is 13.1. The lowest BCUT2D eigenvalue weighted by Crippen LogP contribution is -2.19. The number of hydrazone groups is 1. The Bertz CT molecular complexity index is 1520. The minimum Gasteiger partial charge on any atom is -0.494 e. The van der Waals surface area contributed by atoms with Crippen LogP contribution in [0.4, 0.5) is 5.82 Å². The summed E-state index contributed by atoms with van der Waals surface area (Å²) in [6.07, 6.45) is 1.58. The van der Waals surface area contributed by atoms with E-state index in [4.69, 9.17) is 15.1 Å². The van der Waals surface area contributed by atoms with Gasteiger partial charge >= 0.3 is 0 Å². The molecular formula is C24H20N8O3. The second-order valence-corrected chi connectivity index (χ2v) is 7.40. The zero-order valence-corrected chi connectivity index (χ0v) is 18.6. The predicted octanol–water partition coefficient (Wildman–Crippen LogP) is 3.22. The average molecular weight is 468 g/mol. The van der Waals surface area contributed by atoms with E-state index in [0.29, 0.717) is 23.6 Å².